The zero-order valence-electron chi connectivity index (χ0n) is 13.4. The minimum Gasteiger partial charge on any atom is -0.379 e. The smallest absolute Gasteiger partial charge is 0.319 e. The number of hydrogen-bond acceptors (Lipinski definition) is 7. The standard InChI is InChI=1S/C14H15N5O6S/c20-14(13-12(19(21)22)9-15-17-13)16-10-1-3-11(4-2-10)26(23,24)18-5-7-25-8-6-18/h1-4,9H,5-8H2,(H,15,17)(H,16,20). The molecule has 11 nitrogen and oxygen atoms in total. The van der Waals surface area contributed by atoms with Crippen LogP contribution >= 0.6 is 0 Å². The fourth-order valence-electron chi connectivity index (χ4n) is 2.43. The summed E-state index contributed by atoms with van der Waals surface area (Å²) in [5.74, 6) is -0.752. The van der Waals surface area contributed by atoms with Gasteiger partial charge in [-0.1, -0.05) is 0 Å². The molecule has 1 saturated heterocycles. The van der Waals surface area contributed by atoms with Crippen molar-refractivity contribution in [3.63, 3.8) is 0 Å². The lowest BCUT2D eigenvalue weighted by Gasteiger charge is -2.26. The molecule has 1 amide bonds. The second-order valence-electron chi connectivity index (χ2n) is 5.38. The van der Waals surface area contributed by atoms with Gasteiger partial charge in [-0.25, -0.2) is 8.42 Å². The number of aromatic nitrogens is 2. The van der Waals surface area contributed by atoms with Gasteiger partial charge >= 0.3 is 5.69 Å². The van der Waals surface area contributed by atoms with Gasteiger partial charge in [0.05, 0.1) is 23.0 Å². The molecule has 3 rings (SSSR count). The van der Waals surface area contributed by atoms with E-state index in [0.717, 1.165) is 6.20 Å². The lowest BCUT2D eigenvalue weighted by molar-refractivity contribution is -0.385. The van der Waals surface area contributed by atoms with Crippen molar-refractivity contribution in [1.82, 2.24) is 14.5 Å². The summed E-state index contributed by atoms with van der Waals surface area (Å²) in [6, 6.07) is 5.55. The van der Waals surface area contributed by atoms with E-state index in [1.54, 1.807) is 0 Å². The van der Waals surface area contributed by atoms with Gasteiger partial charge in [-0.05, 0) is 24.3 Å². The molecule has 1 aliphatic rings. The largest absolute Gasteiger partial charge is 0.379 e. The Kier molecular flexibility index (Phi) is 4.97. The molecule has 1 aromatic heterocycles. The van der Waals surface area contributed by atoms with Crippen molar-refractivity contribution in [3.05, 3.63) is 46.3 Å². The van der Waals surface area contributed by atoms with Gasteiger partial charge in [0, 0.05) is 18.8 Å². The van der Waals surface area contributed by atoms with Crippen LogP contribution in [0.5, 0.6) is 0 Å². The number of carbonyl (C=O) groups excluding carboxylic acids is 1. The van der Waals surface area contributed by atoms with Crippen molar-refractivity contribution in [1.29, 1.82) is 0 Å². The fraction of sp³-hybridized carbons (Fsp3) is 0.286. The van der Waals surface area contributed by atoms with E-state index >= 15 is 0 Å². The molecule has 0 unspecified atom stereocenters. The summed E-state index contributed by atoms with van der Waals surface area (Å²) < 4.78 is 31.5. The molecule has 138 valence electrons. The number of benzene rings is 1. The van der Waals surface area contributed by atoms with Crippen LogP contribution in [0.25, 0.3) is 0 Å². The Morgan fingerprint density at radius 2 is 1.92 bits per heavy atom. The summed E-state index contributed by atoms with van der Waals surface area (Å²) in [5, 5.41) is 19.0. The molecule has 1 aromatic carbocycles. The van der Waals surface area contributed by atoms with E-state index in [-0.39, 0.29) is 23.7 Å². The molecular weight excluding hydrogens is 366 g/mol. The van der Waals surface area contributed by atoms with Gasteiger partial charge in [0.25, 0.3) is 5.91 Å². The van der Waals surface area contributed by atoms with E-state index in [2.05, 4.69) is 15.5 Å². The topological polar surface area (TPSA) is 148 Å². The highest BCUT2D eigenvalue weighted by Gasteiger charge is 2.26. The Balaban J connectivity index is 1.74. The lowest BCUT2D eigenvalue weighted by atomic mass is 10.3. The van der Waals surface area contributed by atoms with Crippen LogP contribution in [0.3, 0.4) is 0 Å². The number of H-pyrrole nitrogens is 1. The zero-order valence-corrected chi connectivity index (χ0v) is 14.2. The third-order valence-corrected chi connectivity index (χ3v) is 5.68. The Morgan fingerprint density at radius 1 is 1.27 bits per heavy atom. The van der Waals surface area contributed by atoms with E-state index in [4.69, 9.17) is 4.74 Å². The molecule has 2 N–H and O–H groups in total. The fourth-order valence-corrected chi connectivity index (χ4v) is 3.83. The molecule has 0 aliphatic carbocycles. The van der Waals surface area contributed by atoms with E-state index < -0.39 is 26.5 Å². The van der Waals surface area contributed by atoms with Gasteiger partial charge in [0.2, 0.25) is 15.7 Å². The summed E-state index contributed by atoms with van der Waals surface area (Å²) in [5.41, 5.74) is -0.450. The first-order chi connectivity index (χ1) is 12.4. The lowest BCUT2D eigenvalue weighted by Crippen LogP contribution is -2.40. The van der Waals surface area contributed by atoms with Gasteiger partial charge in [-0.3, -0.25) is 20.0 Å². The number of amides is 1. The number of carbonyl (C=O) groups is 1. The molecule has 1 fully saturated rings. The quantitative estimate of drug-likeness (QED) is 0.569. The highest BCUT2D eigenvalue weighted by molar-refractivity contribution is 7.89. The Labute approximate surface area is 148 Å². The SMILES string of the molecule is O=C(Nc1ccc(S(=O)(=O)N2CCOCC2)cc1)c1[nH]ncc1[N+](=O)[O-]. The van der Waals surface area contributed by atoms with Crippen molar-refractivity contribution in [2.45, 2.75) is 4.90 Å². The number of sulfonamides is 1. The van der Waals surface area contributed by atoms with E-state index in [9.17, 15) is 23.3 Å². The first-order valence-corrected chi connectivity index (χ1v) is 9.00. The summed E-state index contributed by atoms with van der Waals surface area (Å²) in [4.78, 5) is 22.3. The van der Waals surface area contributed by atoms with Crippen molar-refractivity contribution in [3.8, 4) is 0 Å². The van der Waals surface area contributed by atoms with Gasteiger partial charge in [0.1, 0.15) is 6.20 Å². The summed E-state index contributed by atoms with van der Waals surface area (Å²) in [6.45, 7) is 1.25. The van der Waals surface area contributed by atoms with Gasteiger partial charge in [0.15, 0.2) is 0 Å². The maximum atomic E-state index is 12.5. The van der Waals surface area contributed by atoms with Crippen molar-refractivity contribution in [2.75, 3.05) is 31.6 Å². The second-order valence-corrected chi connectivity index (χ2v) is 7.32. The average molecular weight is 381 g/mol. The maximum absolute atomic E-state index is 12.5. The molecule has 0 saturated carbocycles. The van der Waals surface area contributed by atoms with Crippen LogP contribution in [0.1, 0.15) is 10.5 Å². The molecule has 2 heterocycles. The van der Waals surface area contributed by atoms with Crippen molar-refractivity contribution in [2.24, 2.45) is 0 Å². The number of anilines is 1. The average Bonchev–Trinajstić information content (AvgIpc) is 3.13. The van der Waals surface area contributed by atoms with E-state index in [1.807, 2.05) is 0 Å². The van der Waals surface area contributed by atoms with Gasteiger partial charge in [-0.15, -0.1) is 0 Å². The molecule has 0 bridgehead atoms. The van der Waals surface area contributed by atoms with E-state index in [1.165, 1.54) is 28.6 Å². The van der Waals surface area contributed by atoms with E-state index in [0.29, 0.717) is 18.9 Å². The number of morpholine rings is 1. The minimum atomic E-state index is -3.63. The Morgan fingerprint density at radius 3 is 2.54 bits per heavy atom. The predicted molar refractivity (Wildman–Crippen MR) is 89.2 cm³/mol. The normalized spacial score (nSPS) is 15.5. The number of nitro groups is 1. The highest BCUT2D eigenvalue weighted by atomic mass is 32.2. The molecule has 12 heteroatoms. The number of nitrogens with zero attached hydrogens (tertiary/aromatic N) is 3. The van der Waals surface area contributed by atoms with Gasteiger partial charge < -0.3 is 10.1 Å². The molecule has 26 heavy (non-hydrogen) atoms. The molecule has 0 radical (unpaired) electrons. The predicted octanol–water partition coefficient (Wildman–Crippen LogP) is 0.591. The van der Waals surface area contributed by atoms with Crippen LogP contribution in [-0.4, -0.2) is 60.1 Å². The molecule has 0 spiro atoms. The summed E-state index contributed by atoms with van der Waals surface area (Å²) in [6.07, 6.45) is 0.937. The Bertz CT molecular complexity index is 918. The number of aromatic amines is 1. The number of ether oxygens (including phenoxy) is 1. The second kappa shape index (κ2) is 7.19. The Hall–Kier alpha value is -2.83. The summed E-state index contributed by atoms with van der Waals surface area (Å²) >= 11 is 0. The van der Waals surface area contributed by atoms with Crippen molar-refractivity contribution >= 4 is 27.3 Å². The third-order valence-electron chi connectivity index (χ3n) is 3.76. The zero-order chi connectivity index (χ0) is 18.7. The number of nitrogens with one attached hydrogen (secondary N) is 2. The van der Waals surface area contributed by atoms with Crippen LogP contribution in [0.2, 0.25) is 0 Å². The van der Waals surface area contributed by atoms with Gasteiger partial charge in [-0.2, -0.15) is 9.40 Å². The number of hydrogen-bond donors (Lipinski definition) is 2. The maximum Gasteiger partial charge on any atom is 0.319 e. The first-order valence-electron chi connectivity index (χ1n) is 7.56. The minimum absolute atomic E-state index is 0.0879. The highest BCUT2D eigenvalue weighted by Crippen LogP contribution is 2.21. The first kappa shape index (κ1) is 18.0. The van der Waals surface area contributed by atoms with Crippen molar-refractivity contribution < 1.29 is 22.9 Å². The molecule has 1 aliphatic heterocycles. The molecule has 2 aromatic rings. The van der Waals surface area contributed by atoms with Crippen LogP contribution in [-0.2, 0) is 14.8 Å². The monoisotopic (exact) mass is 381 g/mol. The summed E-state index contributed by atoms with van der Waals surface area (Å²) in [7, 11) is -3.63. The van der Waals surface area contributed by atoms with Crippen LogP contribution in [0, 0.1) is 10.1 Å². The third kappa shape index (κ3) is 3.56. The molecule has 0 atom stereocenters. The molecular formula is C14H15N5O6S. The number of rotatable bonds is 5. The van der Waals surface area contributed by atoms with Crippen LogP contribution < -0.4 is 5.32 Å². The van der Waals surface area contributed by atoms with Crippen LogP contribution in [0.15, 0.2) is 35.4 Å². The van der Waals surface area contributed by atoms with Crippen LogP contribution in [0.4, 0.5) is 11.4 Å².